The highest BCUT2D eigenvalue weighted by molar-refractivity contribution is 9.10. The number of rotatable bonds is 3. The molecule has 0 aliphatic rings. The maximum absolute atomic E-state index is 10.8. The number of benzene rings is 1. The summed E-state index contributed by atoms with van der Waals surface area (Å²) < 4.78 is 1.52. The second-order valence-electron chi connectivity index (χ2n) is 3.51. The van der Waals surface area contributed by atoms with Gasteiger partial charge in [0.15, 0.2) is 5.75 Å². The van der Waals surface area contributed by atoms with E-state index in [1.165, 1.54) is 18.2 Å². The summed E-state index contributed by atoms with van der Waals surface area (Å²) in [6, 6.07) is 3.93. The number of hydrogen-bond acceptors (Lipinski definition) is 5. The van der Waals surface area contributed by atoms with E-state index in [1.807, 2.05) is 0 Å². The number of aromatic nitrogens is 2. The molecule has 1 aromatic carbocycles. The summed E-state index contributed by atoms with van der Waals surface area (Å²) in [7, 11) is 0. The zero-order valence-corrected chi connectivity index (χ0v) is 10.7. The SMILES string of the molecule is O=C(O)c1nn(-c2cc([N+](=O)[O-])ccc2Br)cc1O. The van der Waals surface area contributed by atoms with Gasteiger partial charge in [0.1, 0.15) is 0 Å². The van der Waals surface area contributed by atoms with Crippen LogP contribution in [0.2, 0.25) is 0 Å². The highest BCUT2D eigenvalue weighted by Gasteiger charge is 2.18. The van der Waals surface area contributed by atoms with E-state index < -0.39 is 22.3 Å². The number of nitro groups is 1. The van der Waals surface area contributed by atoms with Crippen LogP contribution >= 0.6 is 15.9 Å². The number of halogens is 1. The molecule has 0 saturated heterocycles. The normalized spacial score (nSPS) is 10.4. The third-order valence-electron chi connectivity index (χ3n) is 2.28. The predicted molar refractivity (Wildman–Crippen MR) is 66.5 cm³/mol. The van der Waals surface area contributed by atoms with E-state index in [-0.39, 0.29) is 11.4 Å². The lowest BCUT2D eigenvalue weighted by molar-refractivity contribution is -0.384. The van der Waals surface area contributed by atoms with Crippen LogP contribution in [0.5, 0.6) is 5.75 Å². The molecule has 9 heteroatoms. The molecule has 0 bridgehead atoms. The van der Waals surface area contributed by atoms with Gasteiger partial charge in [-0.3, -0.25) is 10.1 Å². The zero-order valence-electron chi connectivity index (χ0n) is 9.15. The Morgan fingerprint density at radius 3 is 2.68 bits per heavy atom. The molecule has 2 N–H and O–H groups in total. The molecule has 2 rings (SSSR count). The topological polar surface area (TPSA) is 118 Å². The Kier molecular flexibility index (Phi) is 3.21. The maximum Gasteiger partial charge on any atom is 0.360 e. The molecular weight excluding hydrogens is 322 g/mol. The van der Waals surface area contributed by atoms with Crippen molar-refractivity contribution < 1.29 is 19.9 Å². The van der Waals surface area contributed by atoms with Crippen LogP contribution in [-0.2, 0) is 0 Å². The first-order valence-electron chi connectivity index (χ1n) is 4.86. The van der Waals surface area contributed by atoms with E-state index in [4.69, 9.17) is 5.11 Å². The van der Waals surface area contributed by atoms with Crippen LogP contribution < -0.4 is 0 Å². The standard InChI is InChI=1S/C10H6BrN3O5/c11-6-2-1-5(14(18)19)3-7(6)13-4-8(15)9(12-13)10(16)17/h1-4,15H,(H,16,17). The minimum absolute atomic E-state index is 0.176. The van der Waals surface area contributed by atoms with Gasteiger partial charge >= 0.3 is 5.97 Å². The molecule has 0 radical (unpaired) electrons. The van der Waals surface area contributed by atoms with Crippen molar-refractivity contribution in [3.05, 3.63) is 44.7 Å². The van der Waals surface area contributed by atoms with Crippen LogP contribution in [0, 0.1) is 10.1 Å². The van der Waals surface area contributed by atoms with Crippen LogP contribution in [-0.4, -0.2) is 30.9 Å². The number of nitrogens with zero attached hydrogens (tertiary/aromatic N) is 3. The summed E-state index contributed by atoms with van der Waals surface area (Å²) in [6.45, 7) is 0. The minimum Gasteiger partial charge on any atom is -0.504 e. The molecule has 98 valence electrons. The molecule has 2 aromatic rings. The predicted octanol–water partition coefficient (Wildman–Crippen LogP) is 1.95. The van der Waals surface area contributed by atoms with Crippen molar-refractivity contribution >= 4 is 27.6 Å². The number of nitro benzene ring substituents is 1. The molecule has 0 unspecified atom stereocenters. The van der Waals surface area contributed by atoms with Gasteiger partial charge < -0.3 is 10.2 Å². The molecule has 19 heavy (non-hydrogen) atoms. The Morgan fingerprint density at radius 1 is 1.47 bits per heavy atom. The van der Waals surface area contributed by atoms with Crippen molar-refractivity contribution in [1.82, 2.24) is 9.78 Å². The minimum atomic E-state index is -1.39. The van der Waals surface area contributed by atoms with E-state index in [1.54, 1.807) is 0 Å². The molecule has 1 heterocycles. The Hall–Kier alpha value is -2.42. The third-order valence-corrected chi connectivity index (χ3v) is 2.96. The van der Waals surface area contributed by atoms with Crippen molar-refractivity contribution in [1.29, 1.82) is 0 Å². The average Bonchev–Trinajstić information content (AvgIpc) is 2.71. The van der Waals surface area contributed by atoms with Gasteiger partial charge in [-0.1, -0.05) is 0 Å². The van der Waals surface area contributed by atoms with E-state index in [9.17, 15) is 20.0 Å². The first-order chi connectivity index (χ1) is 8.90. The molecular formula is C10H6BrN3O5. The molecule has 0 atom stereocenters. The zero-order chi connectivity index (χ0) is 14.2. The van der Waals surface area contributed by atoms with Crippen LogP contribution in [0.4, 0.5) is 5.69 Å². The fourth-order valence-electron chi connectivity index (χ4n) is 1.43. The monoisotopic (exact) mass is 327 g/mol. The van der Waals surface area contributed by atoms with Crippen molar-refractivity contribution in [3.8, 4) is 11.4 Å². The lowest BCUT2D eigenvalue weighted by Gasteiger charge is -2.03. The molecule has 0 fully saturated rings. The first kappa shape index (κ1) is 13.0. The molecule has 0 amide bonds. The Morgan fingerprint density at radius 2 is 2.16 bits per heavy atom. The van der Waals surface area contributed by atoms with Gasteiger partial charge in [0.25, 0.3) is 5.69 Å². The van der Waals surface area contributed by atoms with E-state index >= 15 is 0 Å². The van der Waals surface area contributed by atoms with E-state index in [2.05, 4.69) is 21.0 Å². The highest BCUT2D eigenvalue weighted by atomic mass is 79.9. The molecule has 0 aliphatic heterocycles. The number of non-ortho nitro benzene ring substituents is 1. The summed E-state index contributed by atoms with van der Waals surface area (Å²) in [4.78, 5) is 20.9. The molecule has 0 spiro atoms. The Labute approximate surface area is 114 Å². The smallest absolute Gasteiger partial charge is 0.360 e. The molecule has 0 aliphatic carbocycles. The summed E-state index contributed by atoms with van der Waals surface area (Å²) >= 11 is 3.17. The molecule has 0 saturated carbocycles. The largest absolute Gasteiger partial charge is 0.504 e. The van der Waals surface area contributed by atoms with Gasteiger partial charge in [-0.2, -0.15) is 5.10 Å². The van der Waals surface area contributed by atoms with Gasteiger partial charge in [-0.05, 0) is 22.0 Å². The fraction of sp³-hybridized carbons (Fsp3) is 0. The summed E-state index contributed by atoms with van der Waals surface area (Å²) in [6.07, 6.45) is 1.06. The summed E-state index contributed by atoms with van der Waals surface area (Å²) in [5, 5.41) is 32.5. The second-order valence-corrected chi connectivity index (χ2v) is 4.36. The van der Waals surface area contributed by atoms with E-state index in [0.717, 1.165) is 10.9 Å². The van der Waals surface area contributed by atoms with Gasteiger partial charge in [0, 0.05) is 16.6 Å². The van der Waals surface area contributed by atoms with Gasteiger partial charge in [-0.15, -0.1) is 0 Å². The van der Waals surface area contributed by atoms with Gasteiger partial charge in [-0.25, -0.2) is 9.48 Å². The van der Waals surface area contributed by atoms with Crippen molar-refractivity contribution in [3.63, 3.8) is 0 Å². The number of aromatic carboxylic acids is 1. The van der Waals surface area contributed by atoms with Crippen molar-refractivity contribution in [2.75, 3.05) is 0 Å². The first-order valence-corrected chi connectivity index (χ1v) is 5.65. The number of aromatic hydroxyl groups is 1. The average molecular weight is 328 g/mol. The highest BCUT2D eigenvalue weighted by Crippen LogP contribution is 2.27. The summed E-state index contributed by atoms with van der Waals surface area (Å²) in [5.41, 5.74) is -0.458. The van der Waals surface area contributed by atoms with Crippen LogP contribution in [0.3, 0.4) is 0 Å². The van der Waals surface area contributed by atoms with Crippen LogP contribution in [0.1, 0.15) is 10.5 Å². The lowest BCUT2D eigenvalue weighted by atomic mass is 10.3. The third kappa shape index (κ3) is 2.40. The second kappa shape index (κ2) is 4.69. The van der Waals surface area contributed by atoms with Crippen LogP contribution in [0.15, 0.2) is 28.9 Å². The summed E-state index contributed by atoms with van der Waals surface area (Å²) in [5.74, 6) is -1.91. The van der Waals surface area contributed by atoms with Crippen LogP contribution in [0.25, 0.3) is 5.69 Å². The number of carboxylic acid groups (broad SMARTS) is 1. The van der Waals surface area contributed by atoms with Crippen molar-refractivity contribution in [2.45, 2.75) is 0 Å². The Balaban J connectivity index is 2.58. The van der Waals surface area contributed by atoms with Gasteiger partial charge in [0.05, 0.1) is 16.8 Å². The molecule has 1 aromatic heterocycles. The number of hydrogen-bond donors (Lipinski definition) is 2. The lowest BCUT2D eigenvalue weighted by Crippen LogP contribution is -2.02. The quantitative estimate of drug-likeness (QED) is 0.656. The van der Waals surface area contributed by atoms with Crippen molar-refractivity contribution in [2.24, 2.45) is 0 Å². The van der Waals surface area contributed by atoms with Gasteiger partial charge in [0.2, 0.25) is 5.69 Å². The number of carbonyl (C=O) groups is 1. The Bertz CT molecular complexity index is 682. The fourth-order valence-corrected chi connectivity index (χ4v) is 1.86. The maximum atomic E-state index is 10.8. The van der Waals surface area contributed by atoms with E-state index in [0.29, 0.717) is 4.47 Å². The number of carboxylic acids is 1. The molecule has 8 nitrogen and oxygen atoms in total.